The molecule has 0 saturated carbocycles. The largest absolute Gasteiger partial charge is 0.295 e. The first-order valence-corrected chi connectivity index (χ1v) is 11.6. The molecule has 3 nitrogen and oxygen atoms in total. The van der Waals surface area contributed by atoms with Gasteiger partial charge in [-0.1, -0.05) is 77.7 Å². The zero-order valence-electron chi connectivity index (χ0n) is 13.9. The monoisotopic (exact) mass is 441 g/mol. The standard InChI is InChI=1S/C18H13Cl4N2OSi/c1-26(2)24(10-6-4-3-5-7-10)23-11-8-9-12(25)14-13(11)15(19)17(21)18(22)16(14)20/h3-9H,1-2H3. The minimum absolute atomic E-state index is 0.0655. The minimum Gasteiger partial charge on any atom is -0.295 e. The predicted molar refractivity (Wildman–Crippen MR) is 113 cm³/mol. The molecular weight excluding hydrogens is 430 g/mol. The summed E-state index contributed by atoms with van der Waals surface area (Å²) in [6.45, 7) is 4.23. The zero-order chi connectivity index (χ0) is 19.0. The second-order valence-corrected chi connectivity index (χ2v) is 9.61. The van der Waals surface area contributed by atoms with E-state index < -0.39 is 8.96 Å². The Morgan fingerprint density at radius 1 is 0.846 bits per heavy atom. The quantitative estimate of drug-likeness (QED) is 0.234. The van der Waals surface area contributed by atoms with Gasteiger partial charge in [-0.3, -0.25) is 9.47 Å². The van der Waals surface area contributed by atoms with Crippen LogP contribution in [0.5, 0.6) is 0 Å². The van der Waals surface area contributed by atoms with Crippen LogP contribution in [0.25, 0.3) is 0 Å². The third-order valence-corrected chi connectivity index (χ3v) is 6.80. The summed E-state index contributed by atoms with van der Waals surface area (Å²) in [5, 5.41) is 5.19. The van der Waals surface area contributed by atoms with Gasteiger partial charge in [-0.05, 0) is 24.3 Å². The molecule has 8 heteroatoms. The first kappa shape index (κ1) is 19.5. The van der Waals surface area contributed by atoms with Crippen molar-refractivity contribution in [1.82, 2.24) is 0 Å². The number of rotatable bonds is 3. The van der Waals surface area contributed by atoms with Crippen molar-refractivity contribution in [2.75, 3.05) is 4.67 Å². The highest BCUT2D eigenvalue weighted by atomic mass is 35.5. The third-order valence-electron chi connectivity index (χ3n) is 3.79. The maximum absolute atomic E-state index is 12.4. The summed E-state index contributed by atoms with van der Waals surface area (Å²) < 4.78 is 1.94. The van der Waals surface area contributed by atoms with Gasteiger partial charge < -0.3 is 0 Å². The molecular formula is C18H13Cl4N2OSi. The second-order valence-electron chi connectivity index (χ2n) is 5.78. The Labute approximate surface area is 173 Å². The van der Waals surface area contributed by atoms with Crippen molar-refractivity contribution < 1.29 is 4.79 Å². The summed E-state index contributed by atoms with van der Waals surface area (Å²) in [6, 6.07) is 9.79. The van der Waals surface area contributed by atoms with Crippen molar-refractivity contribution in [1.29, 1.82) is 0 Å². The number of anilines is 1. The van der Waals surface area contributed by atoms with E-state index in [1.54, 1.807) is 6.08 Å². The molecule has 1 radical (unpaired) electrons. The molecule has 0 bridgehead atoms. The fourth-order valence-electron chi connectivity index (χ4n) is 2.60. The van der Waals surface area contributed by atoms with Crippen molar-refractivity contribution in [3.05, 3.63) is 73.7 Å². The number of nitrogens with zero attached hydrogens (tertiary/aromatic N) is 2. The normalized spacial score (nSPS) is 14.9. The van der Waals surface area contributed by atoms with Crippen molar-refractivity contribution in [2.24, 2.45) is 5.10 Å². The number of carbonyl (C=O) groups excluding carboxylic acids is 1. The number of ketones is 1. The van der Waals surface area contributed by atoms with E-state index in [-0.39, 0.29) is 31.4 Å². The van der Waals surface area contributed by atoms with Gasteiger partial charge in [0.15, 0.2) is 14.7 Å². The van der Waals surface area contributed by atoms with Crippen LogP contribution in [0.2, 0.25) is 33.2 Å². The Morgan fingerprint density at radius 2 is 1.42 bits per heavy atom. The molecule has 0 amide bonds. The Bertz CT molecular complexity index is 942. The highest BCUT2D eigenvalue weighted by Crippen LogP contribution is 2.43. The smallest absolute Gasteiger partial charge is 0.194 e. The molecule has 0 saturated heterocycles. The van der Waals surface area contributed by atoms with E-state index >= 15 is 0 Å². The lowest BCUT2D eigenvalue weighted by Crippen LogP contribution is -2.31. The average molecular weight is 443 g/mol. The van der Waals surface area contributed by atoms with Crippen molar-refractivity contribution in [2.45, 2.75) is 13.1 Å². The van der Waals surface area contributed by atoms with Crippen molar-refractivity contribution in [3.63, 3.8) is 0 Å². The maximum atomic E-state index is 12.4. The van der Waals surface area contributed by atoms with Crippen LogP contribution in [0.15, 0.2) is 47.6 Å². The number of carbonyl (C=O) groups is 1. The number of halogens is 4. The number of benzene rings is 2. The minimum atomic E-state index is -0.988. The van der Waals surface area contributed by atoms with E-state index in [9.17, 15) is 4.79 Å². The van der Waals surface area contributed by atoms with Gasteiger partial charge in [-0.2, -0.15) is 5.10 Å². The molecule has 0 spiro atoms. The molecule has 1 aliphatic carbocycles. The summed E-state index contributed by atoms with van der Waals surface area (Å²) >= 11 is 25.0. The summed E-state index contributed by atoms with van der Waals surface area (Å²) in [7, 11) is -0.988. The molecule has 0 aliphatic heterocycles. The summed E-state index contributed by atoms with van der Waals surface area (Å²) in [4.78, 5) is 12.4. The summed E-state index contributed by atoms with van der Waals surface area (Å²) in [6.07, 6.45) is 3.03. The molecule has 1 aliphatic rings. The van der Waals surface area contributed by atoms with Gasteiger partial charge in [-0.25, -0.2) is 0 Å². The van der Waals surface area contributed by atoms with Gasteiger partial charge in [0.05, 0.1) is 31.4 Å². The first-order chi connectivity index (χ1) is 12.3. The third kappa shape index (κ3) is 3.44. The van der Waals surface area contributed by atoms with Crippen LogP contribution >= 0.6 is 46.4 Å². The van der Waals surface area contributed by atoms with Crippen LogP contribution in [0.3, 0.4) is 0 Å². The second kappa shape index (κ2) is 7.75. The van der Waals surface area contributed by atoms with E-state index in [0.29, 0.717) is 11.3 Å². The Morgan fingerprint density at radius 3 is 2.00 bits per heavy atom. The van der Waals surface area contributed by atoms with Gasteiger partial charge in [0.1, 0.15) is 0 Å². The highest BCUT2D eigenvalue weighted by molar-refractivity contribution is 6.60. The number of hydrogen-bond acceptors (Lipinski definition) is 3. The predicted octanol–water partition coefficient (Wildman–Crippen LogP) is 6.51. The molecule has 0 unspecified atom stereocenters. The van der Waals surface area contributed by atoms with Gasteiger partial charge in [-0.15, -0.1) is 0 Å². The molecule has 0 aromatic heterocycles. The summed E-state index contributed by atoms with van der Waals surface area (Å²) in [5.74, 6) is -0.283. The maximum Gasteiger partial charge on any atom is 0.194 e. The Balaban J connectivity index is 2.23. The van der Waals surface area contributed by atoms with Crippen LogP contribution < -0.4 is 4.67 Å². The summed E-state index contributed by atoms with van der Waals surface area (Å²) in [5.41, 5.74) is 2.09. The van der Waals surface area contributed by atoms with Crippen molar-refractivity contribution >= 4 is 72.5 Å². The van der Waals surface area contributed by atoms with Crippen LogP contribution in [-0.2, 0) is 0 Å². The molecule has 0 fully saturated rings. The van der Waals surface area contributed by atoms with E-state index in [1.807, 2.05) is 35.0 Å². The first-order valence-electron chi connectivity index (χ1n) is 7.65. The van der Waals surface area contributed by atoms with Crippen LogP contribution in [0, 0.1) is 0 Å². The van der Waals surface area contributed by atoms with E-state index in [0.717, 1.165) is 5.69 Å². The molecule has 2 aromatic carbocycles. The molecule has 0 heterocycles. The molecule has 0 atom stereocenters. The topological polar surface area (TPSA) is 32.7 Å². The molecule has 26 heavy (non-hydrogen) atoms. The number of fused-ring (bicyclic) bond motifs is 1. The fraction of sp³-hybridized carbons (Fsp3) is 0.111. The lowest BCUT2D eigenvalue weighted by atomic mass is 9.94. The van der Waals surface area contributed by atoms with Crippen molar-refractivity contribution in [3.8, 4) is 0 Å². The van der Waals surface area contributed by atoms with Gasteiger partial charge >= 0.3 is 0 Å². The van der Waals surface area contributed by atoms with Crippen LogP contribution in [0.1, 0.15) is 15.9 Å². The van der Waals surface area contributed by atoms with Gasteiger partial charge in [0.2, 0.25) is 0 Å². The van der Waals surface area contributed by atoms with Gasteiger partial charge in [0.25, 0.3) is 0 Å². The van der Waals surface area contributed by atoms with Crippen LogP contribution in [0.4, 0.5) is 5.69 Å². The lowest BCUT2D eigenvalue weighted by Gasteiger charge is -2.25. The van der Waals surface area contributed by atoms with E-state index in [4.69, 9.17) is 51.5 Å². The Hall–Kier alpha value is -1.30. The Kier molecular flexibility index (Phi) is 5.80. The zero-order valence-corrected chi connectivity index (χ0v) is 17.9. The van der Waals surface area contributed by atoms with Gasteiger partial charge in [0, 0.05) is 11.3 Å². The number of para-hydroxylation sites is 1. The molecule has 2 aromatic rings. The molecule has 133 valence electrons. The molecule has 0 N–H and O–H groups in total. The lowest BCUT2D eigenvalue weighted by molar-refractivity contribution is 0.104. The number of hydrogen-bond donors (Lipinski definition) is 0. The van der Waals surface area contributed by atoms with E-state index in [2.05, 4.69) is 13.1 Å². The SMILES string of the molecule is C[Si](C)N(N=C1C=CC(=O)c2c(Cl)c(Cl)c(Cl)c(Cl)c21)c1ccccc1. The van der Waals surface area contributed by atoms with Crippen LogP contribution in [-0.4, -0.2) is 20.5 Å². The number of allylic oxidation sites excluding steroid dienone is 2. The highest BCUT2D eigenvalue weighted by Gasteiger charge is 2.29. The number of hydrazone groups is 1. The average Bonchev–Trinajstić information content (AvgIpc) is 2.63. The fourth-order valence-corrected chi connectivity index (χ4v) is 4.62. The molecule has 3 rings (SSSR count). The van der Waals surface area contributed by atoms with E-state index in [1.165, 1.54) is 6.08 Å².